The fraction of sp³-hybridized carbons (Fsp3) is 0.0312. The van der Waals surface area contributed by atoms with E-state index in [1.165, 1.54) is 42.2 Å². The van der Waals surface area contributed by atoms with Crippen LogP contribution < -0.4 is 0 Å². The Hall–Kier alpha value is -4.21. The molecule has 0 aliphatic heterocycles. The molecule has 0 fully saturated rings. The number of pyridine rings is 1. The molecule has 35 heavy (non-hydrogen) atoms. The van der Waals surface area contributed by atoms with Crippen molar-refractivity contribution < 1.29 is 0 Å². The van der Waals surface area contributed by atoms with Gasteiger partial charge >= 0.3 is 0 Å². The number of aromatic nitrogens is 2. The summed E-state index contributed by atoms with van der Waals surface area (Å²) in [6.07, 6.45) is 3.64. The van der Waals surface area contributed by atoms with E-state index in [1.807, 2.05) is 30.5 Å². The number of rotatable bonds is 2. The number of allylic oxidation sites excluding steroid dienone is 1. The summed E-state index contributed by atoms with van der Waals surface area (Å²) in [7, 11) is 0. The third-order valence-corrected chi connectivity index (χ3v) is 7.38. The fourth-order valence-electron chi connectivity index (χ4n) is 4.76. The van der Waals surface area contributed by atoms with Crippen LogP contribution in [0.3, 0.4) is 0 Å². The fourth-order valence-corrected chi connectivity index (χ4v) is 5.88. The molecule has 168 valence electrons. The number of thiophene rings is 1. The van der Waals surface area contributed by atoms with Gasteiger partial charge in [0, 0.05) is 37.4 Å². The number of nitrogens with zero attached hydrogens (tertiary/aromatic N) is 2. The molecular weight excluding hydrogens is 444 g/mol. The molecule has 0 saturated carbocycles. The van der Waals surface area contributed by atoms with Gasteiger partial charge < -0.3 is 4.57 Å². The molecule has 3 heterocycles. The Morgan fingerprint density at radius 3 is 2.20 bits per heavy atom. The monoisotopic (exact) mass is 468 g/mol. The van der Waals surface area contributed by atoms with Crippen LogP contribution in [0.15, 0.2) is 122 Å². The molecular formula is C32H24N2S. The lowest BCUT2D eigenvalue weighted by Gasteiger charge is -2.09. The second-order valence-electron chi connectivity index (χ2n) is 8.49. The summed E-state index contributed by atoms with van der Waals surface area (Å²) in [5.41, 5.74) is 6.99. The predicted octanol–water partition coefficient (Wildman–Crippen LogP) is 9.41. The Morgan fingerprint density at radius 1 is 0.686 bits per heavy atom. The molecule has 0 spiro atoms. The molecule has 0 N–H and O–H groups in total. The first-order valence-corrected chi connectivity index (χ1v) is 12.5. The summed E-state index contributed by atoms with van der Waals surface area (Å²) < 4.78 is 4.98. The highest BCUT2D eigenvalue weighted by Gasteiger charge is 2.16. The van der Waals surface area contributed by atoms with Crippen LogP contribution in [0.25, 0.3) is 58.9 Å². The zero-order valence-electron chi connectivity index (χ0n) is 19.5. The molecule has 3 aromatic heterocycles. The van der Waals surface area contributed by atoms with E-state index in [0.29, 0.717) is 0 Å². The minimum absolute atomic E-state index is 1.05. The first-order chi connectivity index (χ1) is 17.3. The van der Waals surface area contributed by atoms with Gasteiger partial charge in [0.1, 0.15) is 0 Å². The second-order valence-corrected chi connectivity index (χ2v) is 9.58. The van der Waals surface area contributed by atoms with Crippen molar-refractivity contribution in [1.29, 1.82) is 0 Å². The van der Waals surface area contributed by atoms with Gasteiger partial charge in [-0.2, -0.15) is 0 Å². The van der Waals surface area contributed by atoms with E-state index >= 15 is 0 Å². The third kappa shape index (κ3) is 3.61. The van der Waals surface area contributed by atoms with Gasteiger partial charge in [0.25, 0.3) is 0 Å². The molecule has 2 nitrogen and oxygen atoms in total. The average molecular weight is 469 g/mol. The SMILES string of the molecule is C=CC.c1ccc(-c2ccc(-n3c4cc5sc6ccccc6c5cc4c4ncccc43)cc2)cc1. The Labute approximate surface area is 208 Å². The van der Waals surface area contributed by atoms with E-state index in [4.69, 9.17) is 4.98 Å². The molecule has 0 atom stereocenters. The minimum atomic E-state index is 1.05. The van der Waals surface area contributed by atoms with Gasteiger partial charge in [0.05, 0.1) is 16.6 Å². The van der Waals surface area contributed by atoms with Crippen LogP contribution in [0.1, 0.15) is 6.92 Å². The summed E-state index contributed by atoms with van der Waals surface area (Å²) >= 11 is 1.86. The molecule has 0 unspecified atom stereocenters. The van der Waals surface area contributed by atoms with Gasteiger partial charge in [-0.15, -0.1) is 17.9 Å². The number of hydrogen-bond acceptors (Lipinski definition) is 2. The second kappa shape index (κ2) is 8.86. The molecule has 0 aliphatic carbocycles. The van der Waals surface area contributed by atoms with Crippen molar-refractivity contribution in [3.05, 3.63) is 122 Å². The maximum atomic E-state index is 4.77. The highest BCUT2D eigenvalue weighted by atomic mass is 32.1. The van der Waals surface area contributed by atoms with Crippen molar-refractivity contribution in [1.82, 2.24) is 9.55 Å². The average Bonchev–Trinajstić information content (AvgIpc) is 3.43. The topological polar surface area (TPSA) is 17.8 Å². The molecule has 7 aromatic rings. The molecule has 0 saturated heterocycles. The Balaban J connectivity index is 0.000000727. The largest absolute Gasteiger partial charge is 0.308 e. The molecule has 0 bridgehead atoms. The van der Waals surface area contributed by atoms with Crippen LogP contribution in [-0.4, -0.2) is 9.55 Å². The van der Waals surface area contributed by atoms with Crippen LogP contribution >= 0.6 is 11.3 Å². The Kier molecular flexibility index (Phi) is 5.40. The lowest BCUT2D eigenvalue weighted by atomic mass is 10.1. The highest BCUT2D eigenvalue weighted by Crippen LogP contribution is 2.40. The Morgan fingerprint density at radius 2 is 1.40 bits per heavy atom. The molecule has 4 aromatic carbocycles. The van der Waals surface area contributed by atoms with Crippen molar-refractivity contribution in [3.63, 3.8) is 0 Å². The first kappa shape index (κ1) is 21.3. The standard InChI is InChI=1S/C29H18N2S.C3H6/c1-2-7-19(8-3-1)20-12-14-21(15-13-20)31-25-10-6-16-30-29(25)24-17-23-22-9-4-5-11-27(22)32-28(23)18-26(24)31;1-3-2/h1-18H;3H,1H2,2H3. The maximum Gasteiger partial charge on any atom is 0.0963 e. The lowest BCUT2D eigenvalue weighted by Crippen LogP contribution is -1.93. The highest BCUT2D eigenvalue weighted by molar-refractivity contribution is 7.25. The lowest BCUT2D eigenvalue weighted by molar-refractivity contribution is 1.18. The van der Waals surface area contributed by atoms with Crippen molar-refractivity contribution in [2.45, 2.75) is 6.92 Å². The molecule has 7 rings (SSSR count). The smallest absolute Gasteiger partial charge is 0.0963 e. The summed E-state index contributed by atoms with van der Waals surface area (Å²) in [5, 5.41) is 3.82. The summed E-state index contributed by atoms with van der Waals surface area (Å²) in [6, 6.07) is 36.9. The van der Waals surface area contributed by atoms with E-state index in [9.17, 15) is 0 Å². The van der Waals surface area contributed by atoms with Gasteiger partial charge in [0.2, 0.25) is 0 Å². The third-order valence-electron chi connectivity index (χ3n) is 6.25. The van der Waals surface area contributed by atoms with Gasteiger partial charge in [0.15, 0.2) is 0 Å². The van der Waals surface area contributed by atoms with Crippen molar-refractivity contribution in [2.75, 3.05) is 0 Å². The van der Waals surface area contributed by atoms with Crippen LogP contribution in [0.4, 0.5) is 0 Å². The van der Waals surface area contributed by atoms with E-state index in [2.05, 4.69) is 108 Å². The van der Waals surface area contributed by atoms with E-state index in [0.717, 1.165) is 16.7 Å². The molecule has 3 heteroatoms. The summed E-state index contributed by atoms with van der Waals surface area (Å²) in [4.78, 5) is 4.77. The van der Waals surface area contributed by atoms with Crippen molar-refractivity contribution in [3.8, 4) is 16.8 Å². The quantitative estimate of drug-likeness (QED) is 0.231. The van der Waals surface area contributed by atoms with Crippen molar-refractivity contribution in [2.24, 2.45) is 0 Å². The molecule has 0 aliphatic rings. The van der Waals surface area contributed by atoms with Crippen LogP contribution in [0.2, 0.25) is 0 Å². The normalized spacial score (nSPS) is 11.1. The first-order valence-electron chi connectivity index (χ1n) is 11.7. The van der Waals surface area contributed by atoms with Gasteiger partial charge in [-0.1, -0.05) is 66.7 Å². The summed E-state index contributed by atoms with van der Waals surface area (Å²) in [5.74, 6) is 0. The van der Waals surface area contributed by atoms with E-state index < -0.39 is 0 Å². The number of fused-ring (bicyclic) bond motifs is 6. The molecule has 0 radical (unpaired) electrons. The number of hydrogen-bond donors (Lipinski definition) is 0. The zero-order chi connectivity index (χ0) is 23.8. The molecule has 0 amide bonds. The van der Waals surface area contributed by atoms with Gasteiger partial charge in [-0.3, -0.25) is 4.98 Å². The van der Waals surface area contributed by atoms with E-state index in [-0.39, 0.29) is 0 Å². The predicted molar refractivity (Wildman–Crippen MR) is 153 cm³/mol. The number of benzene rings is 4. The van der Waals surface area contributed by atoms with Gasteiger partial charge in [-0.05, 0) is 60.5 Å². The van der Waals surface area contributed by atoms with Gasteiger partial charge in [-0.25, -0.2) is 0 Å². The van der Waals surface area contributed by atoms with Crippen LogP contribution in [0.5, 0.6) is 0 Å². The van der Waals surface area contributed by atoms with E-state index in [1.54, 1.807) is 6.08 Å². The maximum absolute atomic E-state index is 4.77. The van der Waals surface area contributed by atoms with Crippen molar-refractivity contribution >= 4 is 53.4 Å². The zero-order valence-corrected chi connectivity index (χ0v) is 20.3. The van der Waals surface area contributed by atoms with Crippen LogP contribution in [-0.2, 0) is 0 Å². The Bertz CT molecular complexity index is 1810. The minimum Gasteiger partial charge on any atom is -0.308 e. The summed E-state index contributed by atoms with van der Waals surface area (Å²) in [6.45, 7) is 5.25. The van der Waals surface area contributed by atoms with Crippen LogP contribution in [0, 0.1) is 0 Å².